The van der Waals surface area contributed by atoms with E-state index in [1.807, 2.05) is 30.5 Å². The second-order valence-corrected chi connectivity index (χ2v) is 8.49. The van der Waals surface area contributed by atoms with E-state index in [1.54, 1.807) is 6.92 Å². The van der Waals surface area contributed by atoms with Crippen LogP contribution in [-0.2, 0) is 19.3 Å². The van der Waals surface area contributed by atoms with Gasteiger partial charge in [-0.25, -0.2) is 4.98 Å². The van der Waals surface area contributed by atoms with E-state index in [0.29, 0.717) is 35.4 Å². The summed E-state index contributed by atoms with van der Waals surface area (Å²) in [6.45, 7) is 2.44. The van der Waals surface area contributed by atoms with Gasteiger partial charge in [0, 0.05) is 24.7 Å². The maximum atomic E-state index is 12.4. The first-order valence-corrected chi connectivity index (χ1v) is 11.8. The van der Waals surface area contributed by atoms with Gasteiger partial charge in [0.05, 0.1) is 5.39 Å². The van der Waals surface area contributed by atoms with Crippen LogP contribution in [0, 0.1) is 6.92 Å². The van der Waals surface area contributed by atoms with Gasteiger partial charge in [0.25, 0.3) is 11.5 Å². The fraction of sp³-hybridized carbons (Fsp3) is 0.417. The van der Waals surface area contributed by atoms with Gasteiger partial charge in [-0.3, -0.25) is 9.59 Å². The fourth-order valence-electron chi connectivity index (χ4n) is 4.05. The molecule has 0 fully saturated rings. The highest BCUT2D eigenvalue weighted by atomic mass is 16.1. The van der Waals surface area contributed by atoms with E-state index < -0.39 is 0 Å². The van der Waals surface area contributed by atoms with Crippen molar-refractivity contribution in [2.45, 2.75) is 58.3 Å². The molecule has 0 spiro atoms. The minimum atomic E-state index is -0.116. The zero-order valence-electron chi connectivity index (χ0n) is 19.4. The number of nitrogens with one attached hydrogen (secondary N) is 4. The highest BCUT2D eigenvalue weighted by molar-refractivity contribution is 5.94. The van der Waals surface area contributed by atoms with Crippen LogP contribution in [-0.4, -0.2) is 48.0 Å². The first-order chi connectivity index (χ1) is 16.6. The normalized spacial score (nSPS) is 11.2. The molecular weight excluding hydrogens is 432 g/mol. The number of aromatic nitrogens is 7. The van der Waals surface area contributed by atoms with Crippen LogP contribution < -0.4 is 10.9 Å². The molecule has 0 saturated carbocycles. The van der Waals surface area contributed by atoms with Gasteiger partial charge in [-0.05, 0) is 55.9 Å². The highest BCUT2D eigenvalue weighted by Crippen LogP contribution is 2.15. The summed E-state index contributed by atoms with van der Waals surface area (Å²) in [4.78, 5) is 34.8. The number of carbonyl (C=O) groups excluding carboxylic acids is 1. The molecule has 34 heavy (non-hydrogen) atoms. The molecule has 4 rings (SSSR count). The highest BCUT2D eigenvalue weighted by Gasteiger charge is 2.10. The molecule has 0 unspecified atom stereocenters. The summed E-state index contributed by atoms with van der Waals surface area (Å²) in [5.74, 6) is 1.31. The summed E-state index contributed by atoms with van der Waals surface area (Å²) in [5, 5.41) is 17.5. The Hall–Kier alpha value is -3.82. The minimum Gasteiger partial charge on any atom is -0.352 e. The van der Waals surface area contributed by atoms with E-state index >= 15 is 0 Å². The van der Waals surface area contributed by atoms with Crippen molar-refractivity contribution in [3.8, 4) is 0 Å². The lowest BCUT2D eigenvalue weighted by Gasteiger charge is -2.07. The molecule has 3 aromatic heterocycles. The zero-order chi connectivity index (χ0) is 23.8. The monoisotopic (exact) mass is 462 g/mol. The first kappa shape index (κ1) is 23.3. The van der Waals surface area contributed by atoms with Gasteiger partial charge in [0.15, 0.2) is 5.82 Å². The lowest BCUT2D eigenvalue weighted by molar-refractivity contribution is 0.0953. The number of aryl methyl sites for hydroxylation is 4. The predicted molar refractivity (Wildman–Crippen MR) is 129 cm³/mol. The van der Waals surface area contributed by atoms with Crippen molar-refractivity contribution in [3.63, 3.8) is 0 Å². The summed E-state index contributed by atoms with van der Waals surface area (Å²) in [6, 6.07) is 7.66. The van der Waals surface area contributed by atoms with Gasteiger partial charge in [-0.2, -0.15) is 5.21 Å². The van der Waals surface area contributed by atoms with E-state index in [2.05, 4.69) is 40.9 Å². The van der Waals surface area contributed by atoms with Crippen LogP contribution in [0.1, 0.15) is 65.2 Å². The Labute approximate surface area is 197 Å². The Morgan fingerprint density at radius 3 is 2.59 bits per heavy atom. The van der Waals surface area contributed by atoms with Crippen LogP contribution in [0.15, 0.2) is 35.3 Å². The second-order valence-electron chi connectivity index (χ2n) is 8.49. The molecular formula is C24H30N8O2. The third-order valence-electron chi connectivity index (χ3n) is 5.89. The van der Waals surface area contributed by atoms with Crippen LogP contribution >= 0.6 is 0 Å². The number of benzene rings is 1. The van der Waals surface area contributed by atoms with Gasteiger partial charge >= 0.3 is 0 Å². The standard InChI is InChI=1S/C24H30N8O2/c1-16-27-22-21(24(34)28-16)19(15-26-22)13-10-17-8-11-18(12-9-17)23(33)25-14-6-4-2-3-5-7-20-29-31-32-30-20/h8-9,11-12,15H,2-7,10,13-14H2,1H3,(H,25,33)(H2,26,27,28,34)(H,29,30,31,32). The molecule has 0 aliphatic rings. The summed E-state index contributed by atoms with van der Waals surface area (Å²) in [5.41, 5.74) is 3.22. The Morgan fingerprint density at radius 2 is 1.79 bits per heavy atom. The van der Waals surface area contributed by atoms with Gasteiger partial charge < -0.3 is 15.3 Å². The number of hydrogen-bond acceptors (Lipinski definition) is 6. The average molecular weight is 463 g/mol. The molecule has 0 aliphatic carbocycles. The number of rotatable bonds is 12. The van der Waals surface area contributed by atoms with E-state index in [0.717, 1.165) is 61.9 Å². The van der Waals surface area contributed by atoms with E-state index in [9.17, 15) is 9.59 Å². The van der Waals surface area contributed by atoms with E-state index in [-0.39, 0.29) is 11.5 Å². The van der Waals surface area contributed by atoms with Crippen molar-refractivity contribution < 1.29 is 4.79 Å². The Balaban J connectivity index is 1.15. The molecule has 1 aromatic carbocycles. The number of nitrogens with zero attached hydrogens (tertiary/aromatic N) is 4. The molecule has 1 amide bonds. The Kier molecular flexibility index (Phi) is 7.79. The van der Waals surface area contributed by atoms with Crippen LogP contribution in [0.2, 0.25) is 0 Å². The molecule has 4 aromatic rings. The summed E-state index contributed by atoms with van der Waals surface area (Å²) < 4.78 is 0. The largest absolute Gasteiger partial charge is 0.352 e. The fourth-order valence-corrected chi connectivity index (χ4v) is 4.05. The molecule has 0 radical (unpaired) electrons. The zero-order valence-corrected chi connectivity index (χ0v) is 19.4. The number of carbonyl (C=O) groups is 1. The van der Waals surface area contributed by atoms with Gasteiger partial charge in [0.1, 0.15) is 11.5 Å². The SMILES string of the molecule is Cc1nc2[nH]cc(CCc3ccc(C(=O)NCCCCCCCc4nn[nH]n4)cc3)c2c(=O)[nH]1. The van der Waals surface area contributed by atoms with Gasteiger partial charge in [-0.1, -0.05) is 36.6 Å². The summed E-state index contributed by atoms with van der Waals surface area (Å²) >= 11 is 0. The van der Waals surface area contributed by atoms with Crippen LogP contribution in [0.25, 0.3) is 11.0 Å². The lowest BCUT2D eigenvalue weighted by atomic mass is 10.0. The molecule has 0 aliphatic heterocycles. The minimum absolute atomic E-state index is 0.0479. The number of tetrazole rings is 1. The van der Waals surface area contributed by atoms with Crippen molar-refractivity contribution >= 4 is 16.9 Å². The third kappa shape index (κ3) is 6.15. The molecule has 3 heterocycles. The smallest absolute Gasteiger partial charge is 0.260 e. The van der Waals surface area contributed by atoms with Crippen LogP contribution in [0.5, 0.6) is 0 Å². The van der Waals surface area contributed by atoms with Crippen molar-refractivity contribution in [1.29, 1.82) is 0 Å². The van der Waals surface area contributed by atoms with Crippen LogP contribution in [0.3, 0.4) is 0 Å². The summed E-state index contributed by atoms with van der Waals surface area (Å²) in [7, 11) is 0. The number of fused-ring (bicyclic) bond motifs is 1. The number of amides is 1. The van der Waals surface area contributed by atoms with Crippen LogP contribution in [0.4, 0.5) is 0 Å². The molecule has 10 nitrogen and oxygen atoms in total. The molecule has 0 atom stereocenters. The molecule has 0 bridgehead atoms. The summed E-state index contributed by atoms with van der Waals surface area (Å²) in [6.07, 6.45) is 9.52. The quantitative estimate of drug-likeness (QED) is 0.238. The number of H-pyrrole nitrogens is 3. The first-order valence-electron chi connectivity index (χ1n) is 11.8. The third-order valence-corrected chi connectivity index (χ3v) is 5.89. The van der Waals surface area contributed by atoms with Crippen molar-refractivity contribution in [2.75, 3.05) is 6.54 Å². The van der Waals surface area contributed by atoms with Crippen molar-refractivity contribution in [1.82, 2.24) is 40.9 Å². The maximum Gasteiger partial charge on any atom is 0.260 e. The lowest BCUT2D eigenvalue weighted by Crippen LogP contribution is -2.24. The predicted octanol–water partition coefficient (Wildman–Crippen LogP) is 2.78. The van der Waals surface area contributed by atoms with Gasteiger partial charge in [-0.15, -0.1) is 10.2 Å². The number of aromatic amines is 3. The molecule has 10 heteroatoms. The maximum absolute atomic E-state index is 12.4. The van der Waals surface area contributed by atoms with E-state index in [1.165, 1.54) is 0 Å². The van der Waals surface area contributed by atoms with Crippen molar-refractivity contribution in [3.05, 3.63) is 69.2 Å². The van der Waals surface area contributed by atoms with E-state index in [4.69, 9.17) is 0 Å². The Bertz CT molecular complexity index is 1260. The average Bonchev–Trinajstić information content (AvgIpc) is 3.49. The van der Waals surface area contributed by atoms with Crippen molar-refractivity contribution in [2.24, 2.45) is 0 Å². The molecule has 178 valence electrons. The topological polar surface area (TPSA) is 145 Å². The van der Waals surface area contributed by atoms with Gasteiger partial charge in [0.2, 0.25) is 0 Å². The Morgan fingerprint density at radius 1 is 1.00 bits per heavy atom. The number of unbranched alkanes of at least 4 members (excludes halogenated alkanes) is 4. The second kappa shape index (κ2) is 11.4. The number of hydrogen-bond donors (Lipinski definition) is 4. The molecule has 0 saturated heterocycles. The molecule has 4 N–H and O–H groups in total.